The van der Waals surface area contributed by atoms with Gasteiger partial charge >= 0.3 is 5.97 Å². The summed E-state index contributed by atoms with van der Waals surface area (Å²) >= 11 is 3.27. The second-order valence-electron chi connectivity index (χ2n) is 3.30. The van der Waals surface area contributed by atoms with Crippen LogP contribution in [0.5, 0.6) is 0 Å². The fourth-order valence-corrected chi connectivity index (χ4v) is 1.84. The van der Waals surface area contributed by atoms with Crippen LogP contribution in [-0.2, 0) is 10.2 Å². The van der Waals surface area contributed by atoms with Gasteiger partial charge in [-0.3, -0.25) is 4.79 Å². The lowest BCUT2D eigenvalue weighted by molar-refractivity contribution is -0.140. The third kappa shape index (κ3) is 1.10. The molecule has 0 saturated heterocycles. The summed E-state index contributed by atoms with van der Waals surface area (Å²) in [5.74, 6) is -0.373. The van der Waals surface area contributed by atoms with Gasteiger partial charge in [0, 0.05) is 0 Å². The SMILES string of the molecule is Cc1noc(C2(C(=O)O)CC2)c1Br. The lowest BCUT2D eigenvalue weighted by atomic mass is 10.0. The second kappa shape index (κ2) is 2.57. The van der Waals surface area contributed by atoms with Crippen LogP contribution in [0.2, 0.25) is 0 Å². The Morgan fingerprint density at radius 2 is 2.31 bits per heavy atom. The van der Waals surface area contributed by atoms with Gasteiger partial charge in [-0.1, -0.05) is 5.16 Å². The van der Waals surface area contributed by atoms with E-state index in [0.717, 1.165) is 0 Å². The van der Waals surface area contributed by atoms with Crippen molar-refractivity contribution in [2.75, 3.05) is 0 Å². The van der Waals surface area contributed by atoms with Crippen LogP contribution >= 0.6 is 15.9 Å². The van der Waals surface area contributed by atoms with Gasteiger partial charge in [0.2, 0.25) is 0 Å². The van der Waals surface area contributed by atoms with E-state index < -0.39 is 11.4 Å². The van der Waals surface area contributed by atoms with Crippen molar-refractivity contribution < 1.29 is 14.4 Å². The molecule has 1 aromatic rings. The van der Waals surface area contributed by atoms with Crippen molar-refractivity contribution in [1.82, 2.24) is 5.16 Å². The monoisotopic (exact) mass is 245 g/mol. The molecule has 0 aliphatic heterocycles. The summed E-state index contributed by atoms with van der Waals surface area (Å²) in [6, 6.07) is 0. The molecule has 0 spiro atoms. The Bertz CT molecular complexity index is 367. The molecular formula is C8H8BrNO3. The maximum atomic E-state index is 10.9. The van der Waals surface area contributed by atoms with Crippen LogP contribution < -0.4 is 0 Å². The normalized spacial score (nSPS) is 18.6. The molecule has 0 aromatic carbocycles. The molecular weight excluding hydrogens is 238 g/mol. The molecule has 5 heteroatoms. The first-order chi connectivity index (χ1) is 6.08. The number of aromatic nitrogens is 1. The summed E-state index contributed by atoms with van der Waals surface area (Å²) < 4.78 is 5.69. The highest BCUT2D eigenvalue weighted by Gasteiger charge is 2.56. The minimum Gasteiger partial charge on any atom is -0.480 e. The molecule has 2 rings (SSSR count). The van der Waals surface area contributed by atoms with Gasteiger partial charge in [0.25, 0.3) is 0 Å². The zero-order chi connectivity index (χ0) is 9.64. The Balaban J connectivity index is 2.46. The van der Waals surface area contributed by atoms with E-state index in [2.05, 4.69) is 21.1 Å². The van der Waals surface area contributed by atoms with Gasteiger partial charge in [-0.15, -0.1) is 0 Å². The highest BCUT2D eigenvalue weighted by molar-refractivity contribution is 9.10. The first-order valence-electron chi connectivity index (χ1n) is 3.93. The molecule has 0 atom stereocenters. The number of aryl methyl sites for hydroxylation is 1. The van der Waals surface area contributed by atoms with Crippen molar-refractivity contribution in [1.29, 1.82) is 0 Å². The van der Waals surface area contributed by atoms with Crippen molar-refractivity contribution in [2.24, 2.45) is 0 Å². The molecule has 1 saturated carbocycles. The van der Waals surface area contributed by atoms with E-state index in [9.17, 15) is 4.79 Å². The van der Waals surface area contributed by atoms with Gasteiger partial charge in [0.1, 0.15) is 5.41 Å². The van der Waals surface area contributed by atoms with Gasteiger partial charge in [-0.05, 0) is 35.7 Å². The van der Waals surface area contributed by atoms with E-state index in [-0.39, 0.29) is 0 Å². The highest BCUT2D eigenvalue weighted by Crippen LogP contribution is 2.51. The fraction of sp³-hybridized carbons (Fsp3) is 0.500. The molecule has 0 unspecified atom stereocenters. The van der Waals surface area contributed by atoms with Crippen LogP contribution in [0.15, 0.2) is 9.00 Å². The predicted octanol–water partition coefficient (Wildman–Crippen LogP) is 1.86. The van der Waals surface area contributed by atoms with E-state index in [0.29, 0.717) is 28.8 Å². The molecule has 4 nitrogen and oxygen atoms in total. The molecule has 13 heavy (non-hydrogen) atoms. The van der Waals surface area contributed by atoms with Gasteiger partial charge in [-0.25, -0.2) is 0 Å². The number of carboxylic acids is 1. The zero-order valence-corrected chi connectivity index (χ0v) is 8.59. The molecule has 0 amide bonds. The molecule has 1 heterocycles. The van der Waals surface area contributed by atoms with Crippen molar-refractivity contribution in [3.8, 4) is 0 Å². The molecule has 1 aromatic heterocycles. The molecule has 1 aliphatic carbocycles. The molecule has 1 N–H and O–H groups in total. The third-order valence-corrected chi connectivity index (χ3v) is 3.32. The van der Waals surface area contributed by atoms with Crippen molar-refractivity contribution in [3.05, 3.63) is 15.9 Å². The van der Waals surface area contributed by atoms with Gasteiger partial charge in [-0.2, -0.15) is 0 Å². The Labute approximate surface area is 83.0 Å². The van der Waals surface area contributed by atoms with Crippen LogP contribution in [-0.4, -0.2) is 16.2 Å². The van der Waals surface area contributed by atoms with Gasteiger partial charge in [0.15, 0.2) is 5.76 Å². The Hall–Kier alpha value is -0.840. The number of aliphatic carboxylic acids is 1. The van der Waals surface area contributed by atoms with E-state index in [1.54, 1.807) is 6.92 Å². The van der Waals surface area contributed by atoms with Crippen molar-refractivity contribution in [2.45, 2.75) is 25.2 Å². The number of carbonyl (C=O) groups is 1. The summed E-state index contributed by atoms with van der Waals surface area (Å²) in [6.07, 6.45) is 1.27. The van der Waals surface area contributed by atoms with Crippen LogP contribution in [0.4, 0.5) is 0 Å². The predicted molar refractivity (Wildman–Crippen MR) is 47.5 cm³/mol. The summed E-state index contributed by atoms with van der Waals surface area (Å²) in [5, 5.41) is 12.7. The topological polar surface area (TPSA) is 63.3 Å². The van der Waals surface area contributed by atoms with E-state index in [1.165, 1.54) is 0 Å². The Kier molecular flexibility index (Phi) is 1.73. The average Bonchev–Trinajstić information content (AvgIpc) is 2.80. The van der Waals surface area contributed by atoms with Crippen molar-refractivity contribution >= 4 is 21.9 Å². The number of hydrogen-bond acceptors (Lipinski definition) is 3. The Morgan fingerprint density at radius 3 is 2.62 bits per heavy atom. The number of rotatable bonds is 2. The summed E-state index contributed by atoms with van der Waals surface area (Å²) in [4.78, 5) is 10.9. The third-order valence-electron chi connectivity index (χ3n) is 2.38. The van der Waals surface area contributed by atoms with Crippen LogP contribution in [0.1, 0.15) is 24.3 Å². The lowest BCUT2D eigenvalue weighted by Gasteiger charge is -2.04. The first kappa shape index (κ1) is 8.74. The maximum Gasteiger partial charge on any atom is 0.317 e. The van der Waals surface area contributed by atoms with Crippen molar-refractivity contribution in [3.63, 3.8) is 0 Å². The minimum absolute atomic E-state index is 0.456. The zero-order valence-electron chi connectivity index (χ0n) is 7.00. The number of nitrogens with zero attached hydrogens (tertiary/aromatic N) is 1. The molecule has 1 fully saturated rings. The summed E-state index contributed by atoms with van der Waals surface area (Å²) in [6.45, 7) is 1.77. The largest absolute Gasteiger partial charge is 0.480 e. The molecule has 0 bridgehead atoms. The maximum absolute atomic E-state index is 10.9. The second-order valence-corrected chi connectivity index (χ2v) is 4.09. The van der Waals surface area contributed by atoms with Crippen LogP contribution in [0.25, 0.3) is 0 Å². The van der Waals surface area contributed by atoms with E-state index >= 15 is 0 Å². The first-order valence-corrected chi connectivity index (χ1v) is 4.73. The summed E-state index contributed by atoms with van der Waals surface area (Å²) in [7, 11) is 0. The lowest BCUT2D eigenvalue weighted by Crippen LogP contribution is -2.19. The number of hydrogen-bond donors (Lipinski definition) is 1. The van der Waals surface area contributed by atoms with E-state index in [1.807, 2.05) is 0 Å². The Morgan fingerprint density at radius 1 is 1.69 bits per heavy atom. The molecule has 0 radical (unpaired) electrons. The highest BCUT2D eigenvalue weighted by atomic mass is 79.9. The van der Waals surface area contributed by atoms with Gasteiger partial charge in [0.05, 0.1) is 10.2 Å². The minimum atomic E-state index is -0.829. The van der Waals surface area contributed by atoms with Crippen LogP contribution in [0.3, 0.4) is 0 Å². The quantitative estimate of drug-likeness (QED) is 0.864. The van der Waals surface area contributed by atoms with Crippen LogP contribution in [0, 0.1) is 6.92 Å². The van der Waals surface area contributed by atoms with E-state index in [4.69, 9.17) is 9.63 Å². The molecule has 1 aliphatic rings. The number of halogens is 1. The fourth-order valence-electron chi connectivity index (χ4n) is 1.32. The number of carboxylic acid groups (broad SMARTS) is 1. The summed E-state index contributed by atoms with van der Waals surface area (Å²) in [5.41, 5.74) is -0.109. The smallest absolute Gasteiger partial charge is 0.317 e. The standard InChI is InChI=1S/C8H8BrNO3/c1-4-5(9)6(13-10-4)8(2-3-8)7(11)12/h2-3H2,1H3,(H,11,12). The van der Waals surface area contributed by atoms with Gasteiger partial charge < -0.3 is 9.63 Å². The molecule has 70 valence electrons. The average molecular weight is 246 g/mol.